The van der Waals surface area contributed by atoms with Crippen molar-refractivity contribution in [1.29, 1.82) is 0 Å². The standard InChI is InChI=1S/C10H11F3N4O3/c11-10(12,13)9-15-7(14-5-3-1-2-4-5)6(17(19)20)8(18)16-9/h5H,1-4H2,(H2,14,15,16,18). The summed E-state index contributed by atoms with van der Waals surface area (Å²) in [5, 5.41) is 22.8. The second-order valence-corrected chi connectivity index (χ2v) is 4.45. The van der Waals surface area contributed by atoms with Gasteiger partial charge in [-0.1, -0.05) is 12.8 Å². The Morgan fingerprint density at radius 2 is 1.90 bits per heavy atom. The molecule has 1 aromatic rings. The maximum absolute atomic E-state index is 12.6. The van der Waals surface area contributed by atoms with Crippen LogP contribution in [0.15, 0.2) is 0 Å². The molecule has 0 aliphatic heterocycles. The highest BCUT2D eigenvalue weighted by Crippen LogP contribution is 2.37. The molecule has 110 valence electrons. The predicted molar refractivity (Wildman–Crippen MR) is 61.2 cm³/mol. The van der Waals surface area contributed by atoms with E-state index in [4.69, 9.17) is 0 Å². The Balaban J connectivity index is 2.43. The number of nitrogens with zero attached hydrogens (tertiary/aromatic N) is 3. The van der Waals surface area contributed by atoms with Gasteiger partial charge in [-0.05, 0) is 12.8 Å². The molecule has 0 bridgehead atoms. The Kier molecular flexibility index (Phi) is 3.64. The zero-order valence-electron chi connectivity index (χ0n) is 10.1. The van der Waals surface area contributed by atoms with Crippen LogP contribution in [-0.4, -0.2) is 26.0 Å². The molecule has 2 rings (SSSR count). The van der Waals surface area contributed by atoms with E-state index in [0.717, 1.165) is 12.8 Å². The number of rotatable bonds is 3. The van der Waals surface area contributed by atoms with Gasteiger partial charge in [0.1, 0.15) is 0 Å². The van der Waals surface area contributed by atoms with Crippen LogP contribution in [0.4, 0.5) is 24.7 Å². The molecule has 1 aliphatic carbocycles. The summed E-state index contributed by atoms with van der Waals surface area (Å²) < 4.78 is 37.7. The van der Waals surface area contributed by atoms with E-state index in [9.17, 15) is 28.4 Å². The number of nitro groups is 1. The lowest BCUT2D eigenvalue weighted by molar-refractivity contribution is -0.385. The minimum atomic E-state index is -4.89. The van der Waals surface area contributed by atoms with E-state index >= 15 is 0 Å². The number of alkyl halides is 3. The second kappa shape index (κ2) is 5.10. The largest absolute Gasteiger partial charge is 0.488 e. The summed E-state index contributed by atoms with van der Waals surface area (Å²) in [6.07, 6.45) is -1.76. The van der Waals surface area contributed by atoms with Crippen molar-refractivity contribution < 1.29 is 23.2 Å². The lowest BCUT2D eigenvalue weighted by atomic mass is 10.2. The molecular formula is C10H11F3N4O3. The molecule has 1 heterocycles. The van der Waals surface area contributed by atoms with Gasteiger partial charge in [0, 0.05) is 6.04 Å². The lowest BCUT2D eigenvalue weighted by Crippen LogP contribution is -2.20. The van der Waals surface area contributed by atoms with Crippen LogP contribution in [-0.2, 0) is 6.18 Å². The van der Waals surface area contributed by atoms with Crippen molar-refractivity contribution in [3.05, 3.63) is 15.9 Å². The summed E-state index contributed by atoms with van der Waals surface area (Å²) in [6, 6.07) is -0.191. The van der Waals surface area contributed by atoms with E-state index < -0.39 is 34.3 Å². The molecule has 2 N–H and O–H groups in total. The van der Waals surface area contributed by atoms with Gasteiger partial charge in [-0.25, -0.2) is 0 Å². The van der Waals surface area contributed by atoms with Crippen molar-refractivity contribution in [3.8, 4) is 5.88 Å². The number of hydrogen-bond donors (Lipinski definition) is 2. The fourth-order valence-corrected chi connectivity index (χ4v) is 2.10. The lowest BCUT2D eigenvalue weighted by Gasteiger charge is -2.14. The van der Waals surface area contributed by atoms with E-state index in [-0.39, 0.29) is 6.04 Å². The molecule has 20 heavy (non-hydrogen) atoms. The van der Waals surface area contributed by atoms with Crippen molar-refractivity contribution in [3.63, 3.8) is 0 Å². The van der Waals surface area contributed by atoms with Gasteiger partial charge in [-0.15, -0.1) is 0 Å². The van der Waals surface area contributed by atoms with Crippen LogP contribution in [0.2, 0.25) is 0 Å². The molecule has 0 unspecified atom stereocenters. The number of aromatic hydroxyl groups is 1. The number of aromatic nitrogens is 2. The van der Waals surface area contributed by atoms with Crippen molar-refractivity contribution >= 4 is 11.5 Å². The third kappa shape index (κ3) is 2.89. The van der Waals surface area contributed by atoms with Crippen molar-refractivity contribution in [1.82, 2.24) is 9.97 Å². The molecule has 0 spiro atoms. The number of anilines is 1. The molecule has 0 radical (unpaired) electrons. The van der Waals surface area contributed by atoms with Crippen LogP contribution in [0.5, 0.6) is 5.88 Å². The smallest absolute Gasteiger partial charge is 0.451 e. The zero-order chi connectivity index (χ0) is 14.9. The molecule has 0 aromatic carbocycles. The molecule has 10 heteroatoms. The van der Waals surface area contributed by atoms with Crippen LogP contribution in [0.3, 0.4) is 0 Å². The summed E-state index contributed by atoms with van der Waals surface area (Å²) in [5.74, 6) is -3.50. The first-order chi connectivity index (χ1) is 9.29. The van der Waals surface area contributed by atoms with Crippen LogP contribution in [0.25, 0.3) is 0 Å². The first kappa shape index (κ1) is 14.3. The van der Waals surface area contributed by atoms with E-state index in [1.807, 2.05) is 0 Å². The molecule has 1 aromatic heterocycles. The van der Waals surface area contributed by atoms with Gasteiger partial charge in [0.2, 0.25) is 11.6 Å². The highest BCUT2D eigenvalue weighted by molar-refractivity contribution is 5.61. The molecule has 7 nitrogen and oxygen atoms in total. The molecule has 0 saturated heterocycles. The highest BCUT2D eigenvalue weighted by atomic mass is 19.4. The van der Waals surface area contributed by atoms with Gasteiger partial charge in [-0.3, -0.25) is 10.1 Å². The van der Waals surface area contributed by atoms with Crippen LogP contribution < -0.4 is 5.32 Å². The third-order valence-electron chi connectivity index (χ3n) is 3.00. The number of halogens is 3. The number of hydrogen-bond acceptors (Lipinski definition) is 6. The Hall–Kier alpha value is -2.13. The molecule has 0 amide bonds. The average Bonchev–Trinajstić information content (AvgIpc) is 2.79. The normalized spacial score (nSPS) is 16.4. The van der Waals surface area contributed by atoms with Gasteiger partial charge in [0.05, 0.1) is 4.92 Å². The quantitative estimate of drug-likeness (QED) is 0.655. The van der Waals surface area contributed by atoms with Gasteiger partial charge in [0.15, 0.2) is 0 Å². The fourth-order valence-electron chi connectivity index (χ4n) is 2.10. The Morgan fingerprint density at radius 3 is 2.40 bits per heavy atom. The molecule has 0 atom stereocenters. The van der Waals surface area contributed by atoms with Crippen molar-refractivity contribution in [2.75, 3.05) is 5.32 Å². The van der Waals surface area contributed by atoms with Gasteiger partial charge in [-0.2, -0.15) is 23.1 Å². The van der Waals surface area contributed by atoms with E-state index in [0.29, 0.717) is 12.8 Å². The molecule has 1 saturated carbocycles. The summed E-state index contributed by atoms with van der Waals surface area (Å²) in [5.41, 5.74) is -0.940. The van der Waals surface area contributed by atoms with Gasteiger partial charge in [0.25, 0.3) is 5.88 Å². The summed E-state index contributed by atoms with van der Waals surface area (Å²) in [4.78, 5) is 15.7. The summed E-state index contributed by atoms with van der Waals surface area (Å²) in [7, 11) is 0. The highest BCUT2D eigenvalue weighted by Gasteiger charge is 2.39. The topological polar surface area (TPSA) is 101 Å². The van der Waals surface area contributed by atoms with Crippen LogP contribution in [0, 0.1) is 10.1 Å². The maximum atomic E-state index is 12.6. The monoisotopic (exact) mass is 292 g/mol. The van der Waals surface area contributed by atoms with E-state index in [2.05, 4.69) is 15.3 Å². The Morgan fingerprint density at radius 1 is 1.30 bits per heavy atom. The molecule has 1 fully saturated rings. The molecular weight excluding hydrogens is 281 g/mol. The van der Waals surface area contributed by atoms with E-state index in [1.165, 1.54) is 0 Å². The van der Waals surface area contributed by atoms with E-state index in [1.54, 1.807) is 0 Å². The van der Waals surface area contributed by atoms with Gasteiger partial charge < -0.3 is 10.4 Å². The Bertz CT molecular complexity index is 529. The minimum absolute atomic E-state index is 0.191. The maximum Gasteiger partial charge on any atom is 0.451 e. The minimum Gasteiger partial charge on any atom is -0.488 e. The van der Waals surface area contributed by atoms with Crippen LogP contribution in [0.1, 0.15) is 31.5 Å². The predicted octanol–water partition coefficient (Wildman–Crippen LogP) is 2.46. The first-order valence-corrected chi connectivity index (χ1v) is 5.88. The second-order valence-electron chi connectivity index (χ2n) is 4.45. The number of nitrogens with one attached hydrogen (secondary N) is 1. The summed E-state index contributed by atoms with van der Waals surface area (Å²) in [6.45, 7) is 0. The first-order valence-electron chi connectivity index (χ1n) is 5.88. The third-order valence-corrected chi connectivity index (χ3v) is 3.00. The SMILES string of the molecule is O=[N+]([O-])c1c(O)nc(C(F)(F)F)nc1NC1CCCC1. The fraction of sp³-hybridized carbons (Fsp3) is 0.600. The zero-order valence-corrected chi connectivity index (χ0v) is 10.1. The van der Waals surface area contributed by atoms with Crippen molar-refractivity contribution in [2.45, 2.75) is 37.9 Å². The van der Waals surface area contributed by atoms with Crippen molar-refractivity contribution in [2.24, 2.45) is 0 Å². The van der Waals surface area contributed by atoms with Gasteiger partial charge >= 0.3 is 11.9 Å². The van der Waals surface area contributed by atoms with Crippen LogP contribution >= 0.6 is 0 Å². The summed E-state index contributed by atoms with van der Waals surface area (Å²) >= 11 is 0. The molecule has 1 aliphatic rings. The average molecular weight is 292 g/mol. The Labute approximate surface area is 111 Å².